The second-order valence-electron chi connectivity index (χ2n) is 20.3. The van der Waals surface area contributed by atoms with Crippen LogP contribution >= 0.6 is 7.82 Å². The van der Waals surface area contributed by atoms with Crippen molar-refractivity contribution in [1.82, 2.24) is 0 Å². The van der Waals surface area contributed by atoms with Gasteiger partial charge >= 0.3 is 19.8 Å². The van der Waals surface area contributed by atoms with Crippen LogP contribution in [0.5, 0.6) is 0 Å². The van der Waals surface area contributed by atoms with E-state index in [0.717, 1.165) is 96.3 Å². The molecule has 0 aromatic heterocycles. The van der Waals surface area contributed by atoms with Crippen LogP contribution in [0.1, 0.15) is 232 Å². The molecule has 0 radical (unpaired) electrons. The van der Waals surface area contributed by atoms with E-state index in [2.05, 4.69) is 111 Å². The van der Waals surface area contributed by atoms with Crippen molar-refractivity contribution in [2.75, 3.05) is 47.5 Å². The number of allylic oxidation sites excluding steroid dienone is 16. The van der Waals surface area contributed by atoms with Crippen molar-refractivity contribution in [2.45, 2.75) is 238 Å². The van der Waals surface area contributed by atoms with Crippen LogP contribution in [0.15, 0.2) is 97.2 Å². The van der Waals surface area contributed by atoms with Crippen LogP contribution in [0.2, 0.25) is 0 Å². The van der Waals surface area contributed by atoms with E-state index in [1.165, 1.54) is 103 Å². The number of quaternary nitrogens is 1. The van der Waals surface area contributed by atoms with Gasteiger partial charge in [0.25, 0.3) is 0 Å². The molecule has 9 nitrogen and oxygen atoms in total. The highest BCUT2D eigenvalue weighted by Gasteiger charge is 2.27. The van der Waals surface area contributed by atoms with Crippen molar-refractivity contribution in [3.05, 3.63) is 97.2 Å². The molecule has 0 heterocycles. The predicted molar refractivity (Wildman–Crippen MR) is 307 cm³/mol. The van der Waals surface area contributed by atoms with Gasteiger partial charge in [-0.15, -0.1) is 0 Å². The zero-order valence-electron chi connectivity index (χ0n) is 46.9. The number of esters is 2. The van der Waals surface area contributed by atoms with E-state index in [4.69, 9.17) is 18.5 Å². The third-order valence-corrected chi connectivity index (χ3v) is 13.1. The Balaban J connectivity index is 4.16. The van der Waals surface area contributed by atoms with E-state index in [1.807, 2.05) is 21.1 Å². The highest BCUT2D eigenvalue weighted by Crippen LogP contribution is 2.43. The van der Waals surface area contributed by atoms with E-state index >= 15 is 0 Å². The topological polar surface area (TPSA) is 108 Å². The molecule has 0 rings (SSSR count). The molecule has 414 valence electrons. The maximum atomic E-state index is 12.8. The molecule has 0 saturated carbocycles. The number of hydrogen-bond donors (Lipinski definition) is 1. The third-order valence-electron chi connectivity index (χ3n) is 12.1. The quantitative estimate of drug-likeness (QED) is 0.0211. The first-order valence-corrected chi connectivity index (χ1v) is 30.5. The van der Waals surface area contributed by atoms with Crippen molar-refractivity contribution in [3.8, 4) is 0 Å². The number of carbonyl (C=O) groups excluding carboxylic acids is 2. The SMILES string of the molecule is CC/C=C\C/C=C\C/C=C\C/C=C\C/C=C\C/C=C\CCCCCCCCCCCCCCC(=O)OC(COC(=O)CCCCCCCCC/C=C\C/C=C\CCCCC)COP(=O)(O)OCC[N+](C)(C)C. The first-order chi connectivity index (χ1) is 35.0. The van der Waals surface area contributed by atoms with Crippen LogP contribution in [0.4, 0.5) is 0 Å². The summed E-state index contributed by atoms with van der Waals surface area (Å²) >= 11 is 0. The molecule has 0 bridgehead atoms. The Hall–Kier alpha value is -3.07. The Morgan fingerprint density at radius 1 is 0.444 bits per heavy atom. The van der Waals surface area contributed by atoms with E-state index in [0.29, 0.717) is 17.4 Å². The van der Waals surface area contributed by atoms with E-state index in [1.54, 1.807) is 0 Å². The summed E-state index contributed by atoms with van der Waals surface area (Å²) in [7, 11) is 1.46. The van der Waals surface area contributed by atoms with Crippen molar-refractivity contribution in [3.63, 3.8) is 0 Å². The molecule has 0 fully saturated rings. The molecule has 0 aliphatic carbocycles. The van der Waals surface area contributed by atoms with E-state index in [9.17, 15) is 19.0 Å². The number of ether oxygens (including phenoxy) is 2. The monoisotopic (exact) mass is 1030 g/mol. The number of likely N-dealkylation sites (N-methyl/N-ethyl adjacent to an activating group) is 1. The first kappa shape index (κ1) is 68.9. The Morgan fingerprint density at radius 3 is 1.18 bits per heavy atom. The van der Waals surface area contributed by atoms with Crippen LogP contribution in [0.3, 0.4) is 0 Å². The molecule has 1 N–H and O–H groups in total. The molecule has 0 amide bonds. The van der Waals surface area contributed by atoms with E-state index in [-0.39, 0.29) is 32.0 Å². The highest BCUT2D eigenvalue weighted by molar-refractivity contribution is 7.47. The predicted octanol–water partition coefficient (Wildman–Crippen LogP) is 18.0. The van der Waals surface area contributed by atoms with Crippen LogP contribution < -0.4 is 0 Å². The number of hydrogen-bond acceptors (Lipinski definition) is 7. The zero-order valence-corrected chi connectivity index (χ0v) is 47.8. The Labute approximate surface area is 443 Å². The Kier molecular flexibility index (Phi) is 50.5. The minimum Gasteiger partial charge on any atom is -0.462 e. The van der Waals surface area contributed by atoms with Gasteiger partial charge in [-0.05, 0) is 96.3 Å². The lowest BCUT2D eigenvalue weighted by molar-refractivity contribution is -0.870. The van der Waals surface area contributed by atoms with Gasteiger partial charge < -0.3 is 18.9 Å². The van der Waals surface area contributed by atoms with Gasteiger partial charge in [0.05, 0.1) is 27.7 Å². The second-order valence-corrected chi connectivity index (χ2v) is 21.7. The molecule has 0 aliphatic heterocycles. The lowest BCUT2D eigenvalue weighted by Crippen LogP contribution is -2.37. The Morgan fingerprint density at radius 2 is 0.792 bits per heavy atom. The largest absolute Gasteiger partial charge is 0.472 e. The molecule has 0 aliphatic rings. The van der Waals surface area contributed by atoms with Gasteiger partial charge in [0.2, 0.25) is 0 Å². The van der Waals surface area contributed by atoms with Gasteiger partial charge in [0.1, 0.15) is 19.8 Å². The standard InChI is InChI=1S/C62H108NO8P/c1-6-8-10-12-14-16-18-20-22-24-25-26-27-28-29-30-31-32-33-34-35-36-37-39-41-43-45-47-49-51-53-55-62(65)71-60(59-70-72(66,67)69-57-56-63(3,4)5)58-68-61(64)54-52-50-48-46-44-42-40-38-23-21-19-17-15-13-11-9-7-2/h8,10,14-17,20-23,25-26,28-29,31-32,60H,6-7,9,11-13,18-19,24,27,30,33-59H2,1-5H3/p+1/b10-8-,16-14-,17-15-,22-20-,23-21-,26-25-,29-28-,32-31-. The van der Waals surface area contributed by atoms with Gasteiger partial charge in [-0.3, -0.25) is 18.6 Å². The molecule has 72 heavy (non-hydrogen) atoms. The minimum atomic E-state index is -4.39. The first-order valence-electron chi connectivity index (χ1n) is 29.0. The third kappa shape index (κ3) is 56.2. The number of unbranched alkanes of at least 4 members (excludes halogenated alkanes) is 22. The molecule has 0 aromatic rings. The average molecular weight is 1030 g/mol. The summed E-state index contributed by atoms with van der Waals surface area (Å²) in [5, 5.41) is 0. The van der Waals surface area contributed by atoms with Gasteiger partial charge in [0.15, 0.2) is 6.10 Å². The van der Waals surface area contributed by atoms with Crippen LogP contribution in [-0.4, -0.2) is 74.9 Å². The van der Waals surface area contributed by atoms with Gasteiger partial charge in [-0.25, -0.2) is 4.57 Å². The summed E-state index contributed by atoms with van der Waals surface area (Å²) in [4.78, 5) is 35.7. The number of phosphoric acid groups is 1. The summed E-state index contributed by atoms with van der Waals surface area (Å²) in [5.41, 5.74) is 0. The molecular formula is C62H109NO8P+. The van der Waals surface area contributed by atoms with E-state index < -0.39 is 26.5 Å². The summed E-state index contributed by atoms with van der Waals surface area (Å²) in [5.74, 6) is -0.810. The van der Waals surface area contributed by atoms with Crippen LogP contribution in [0.25, 0.3) is 0 Å². The highest BCUT2D eigenvalue weighted by atomic mass is 31.2. The lowest BCUT2D eigenvalue weighted by atomic mass is 10.0. The smallest absolute Gasteiger partial charge is 0.462 e. The fourth-order valence-corrected chi connectivity index (χ4v) is 8.38. The maximum absolute atomic E-state index is 12.8. The maximum Gasteiger partial charge on any atom is 0.472 e. The zero-order chi connectivity index (χ0) is 52.7. The van der Waals surface area contributed by atoms with Crippen molar-refractivity contribution < 1.29 is 42.1 Å². The number of phosphoric ester groups is 1. The summed E-state index contributed by atoms with van der Waals surface area (Å²) in [6.07, 6.45) is 71.8. The number of carbonyl (C=O) groups is 2. The molecule has 0 spiro atoms. The fraction of sp³-hybridized carbons (Fsp3) is 0.710. The second kappa shape index (κ2) is 52.8. The summed E-state index contributed by atoms with van der Waals surface area (Å²) in [6.45, 7) is 4.28. The van der Waals surface area contributed by atoms with Crippen LogP contribution in [0, 0.1) is 0 Å². The fourth-order valence-electron chi connectivity index (χ4n) is 7.64. The van der Waals surface area contributed by atoms with Crippen molar-refractivity contribution in [2.24, 2.45) is 0 Å². The molecule has 10 heteroatoms. The summed E-state index contributed by atoms with van der Waals surface area (Å²) < 4.78 is 34.5. The number of nitrogens with zero attached hydrogens (tertiary/aromatic N) is 1. The van der Waals surface area contributed by atoms with Gasteiger partial charge in [-0.1, -0.05) is 220 Å². The Bertz CT molecular complexity index is 1540. The van der Waals surface area contributed by atoms with Crippen LogP contribution in [-0.2, 0) is 32.7 Å². The van der Waals surface area contributed by atoms with Gasteiger partial charge in [0, 0.05) is 12.8 Å². The molecule has 2 atom stereocenters. The lowest BCUT2D eigenvalue weighted by Gasteiger charge is -2.24. The molecular weight excluding hydrogens is 918 g/mol. The van der Waals surface area contributed by atoms with Crippen molar-refractivity contribution >= 4 is 19.8 Å². The molecule has 2 unspecified atom stereocenters. The molecule has 0 aromatic carbocycles. The summed E-state index contributed by atoms with van der Waals surface area (Å²) in [6, 6.07) is 0. The average Bonchev–Trinajstić information content (AvgIpc) is 3.34. The van der Waals surface area contributed by atoms with Crippen molar-refractivity contribution in [1.29, 1.82) is 0 Å². The van der Waals surface area contributed by atoms with Gasteiger partial charge in [-0.2, -0.15) is 0 Å². The minimum absolute atomic E-state index is 0.0261. The normalized spacial score (nSPS) is 14.0. The number of rotatable bonds is 52. The molecule has 0 saturated heterocycles.